The van der Waals surface area contributed by atoms with Crippen LogP contribution in [0, 0.1) is 24.1 Å². The number of benzene rings is 2. The van der Waals surface area contributed by atoms with Crippen LogP contribution in [-0.2, 0) is 6.61 Å². The van der Waals surface area contributed by atoms with Gasteiger partial charge in [0.1, 0.15) is 47.3 Å². The maximum atomic E-state index is 14.2. The molecular formula is C28H26FN5O2. The Kier molecular flexibility index (Phi) is 6.54. The minimum absolute atomic E-state index is 0.210. The lowest BCUT2D eigenvalue weighted by Crippen LogP contribution is -1.99. The molecule has 0 unspecified atom stereocenters. The van der Waals surface area contributed by atoms with Crippen molar-refractivity contribution in [3.63, 3.8) is 0 Å². The Balaban J connectivity index is 1.31. The van der Waals surface area contributed by atoms with Gasteiger partial charge >= 0.3 is 0 Å². The van der Waals surface area contributed by atoms with Crippen molar-refractivity contribution in [1.29, 1.82) is 5.26 Å². The number of aryl methyl sites for hydroxylation is 1. The molecule has 0 amide bonds. The molecule has 36 heavy (non-hydrogen) atoms. The van der Waals surface area contributed by atoms with E-state index in [9.17, 15) is 9.65 Å². The fraction of sp³-hybridized carbons (Fsp3) is 0.250. The lowest BCUT2D eigenvalue weighted by Gasteiger charge is -2.11. The molecule has 8 heteroatoms. The van der Waals surface area contributed by atoms with E-state index in [1.807, 2.05) is 22.9 Å². The molecule has 1 saturated carbocycles. The number of hydrogen-bond acceptors (Lipinski definition) is 6. The van der Waals surface area contributed by atoms with Gasteiger partial charge in [0.15, 0.2) is 0 Å². The zero-order valence-electron chi connectivity index (χ0n) is 19.9. The van der Waals surface area contributed by atoms with Gasteiger partial charge < -0.3 is 19.8 Å². The van der Waals surface area contributed by atoms with Crippen LogP contribution in [0.2, 0.25) is 0 Å². The number of rotatable bonds is 7. The summed E-state index contributed by atoms with van der Waals surface area (Å²) in [6.07, 6.45) is 9.91. The zero-order chi connectivity index (χ0) is 25.1. The first-order chi connectivity index (χ1) is 17.5. The third-order valence-electron chi connectivity index (χ3n) is 6.41. The van der Waals surface area contributed by atoms with Crippen molar-refractivity contribution in [2.45, 2.75) is 45.1 Å². The highest BCUT2D eigenvalue weighted by molar-refractivity contribution is 5.62. The Hall–Kier alpha value is -4.38. The molecule has 2 aromatic carbocycles. The van der Waals surface area contributed by atoms with Gasteiger partial charge in [-0.15, -0.1) is 0 Å². The molecule has 1 aliphatic carbocycles. The average Bonchev–Trinajstić information content (AvgIpc) is 3.51. The number of nitrogen functional groups attached to an aromatic ring is 1. The van der Waals surface area contributed by atoms with Crippen molar-refractivity contribution in [1.82, 2.24) is 14.5 Å². The van der Waals surface area contributed by atoms with E-state index in [2.05, 4.69) is 16.0 Å². The Morgan fingerprint density at radius 2 is 1.75 bits per heavy atom. The second-order valence-electron chi connectivity index (χ2n) is 8.96. The van der Waals surface area contributed by atoms with Gasteiger partial charge in [0.2, 0.25) is 0 Å². The Morgan fingerprint density at radius 1 is 1.06 bits per heavy atom. The Morgan fingerprint density at radius 3 is 2.44 bits per heavy atom. The molecule has 2 N–H and O–H groups in total. The highest BCUT2D eigenvalue weighted by Gasteiger charge is 2.24. The standard InChI is InChI=1S/C28H26FN5O2/c1-18-32-14-19(15-33-18)17-35-24-10-21(29)11-25(12-24)36-23-8-6-22(7-9-23)34-16-26(20-4-2-3-5-20)28(31)27(34)13-30/h6-12,14-16,20H,2-5,17,31H2,1H3. The zero-order valence-corrected chi connectivity index (χ0v) is 19.9. The van der Waals surface area contributed by atoms with Gasteiger partial charge in [-0.2, -0.15) is 5.26 Å². The monoisotopic (exact) mass is 483 g/mol. The van der Waals surface area contributed by atoms with Crippen LogP contribution in [0.4, 0.5) is 10.1 Å². The van der Waals surface area contributed by atoms with Crippen LogP contribution in [-0.4, -0.2) is 14.5 Å². The summed E-state index contributed by atoms with van der Waals surface area (Å²) in [6, 6.07) is 13.7. The SMILES string of the molecule is Cc1ncc(COc2cc(F)cc(Oc3ccc(-n4cc(C5CCCC5)c(N)c4C#N)cc3)c2)cn1. The predicted octanol–water partition coefficient (Wildman–Crippen LogP) is 6.20. The van der Waals surface area contributed by atoms with E-state index in [0.717, 1.165) is 29.7 Å². The molecule has 0 bridgehead atoms. The topological polar surface area (TPSA) is 99.0 Å². The molecule has 0 aliphatic heterocycles. The smallest absolute Gasteiger partial charge is 0.148 e. The van der Waals surface area contributed by atoms with Gasteiger partial charge in [-0.25, -0.2) is 14.4 Å². The number of nitriles is 1. The van der Waals surface area contributed by atoms with Crippen LogP contribution in [0.25, 0.3) is 5.69 Å². The molecule has 1 fully saturated rings. The molecule has 7 nitrogen and oxygen atoms in total. The van der Waals surface area contributed by atoms with Crippen molar-refractivity contribution >= 4 is 5.69 Å². The van der Waals surface area contributed by atoms with Gasteiger partial charge in [-0.3, -0.25) is 0 Å². The van der Waals surface area contributed by atoms with Crippen LogP contribution < -0.4 is 15.2 Å². The van der Waals surface area contributed by atoms with E-state index in [0.29, 0.717) is 40.4 Å². The Labute approximate surface area is 208 Å². The van der Waals surface area contributed by atoms with Crippen LogP contribution in [0.1, 0.15) is 54.2 Å². The number of nitrogens with two attached hydrogens (primary N) is 1. The van der Waals surface area contributed by atoms with Gasteiger partial charge in [0, 0.05) is 48.0 Å². The maximum Gasteiger partial charge on any atom is 0.148 e. The molecule has 4 aromatic rings. The summed E-state index contributed by atoms with van der Waals surface area (Å²) in [4.78, 5) is 8.26. The number of halogens is 1. The van der Waals surface area contributed by atoms with Crippen LogP contribution >= 0.6 is 0 Å². The highest BCUT2D eigenvalue weighted by Crippen LogP contribution is 2.39. The van der Waals surface area contributed by atoms with Crippen LogP contribution in [0.3, 0.4) is 0 Å². The summed E-state index contributed by atoms with van der Waals surface area (Å²) in [6.45, 7) is 2.01. The largest absolute Gasteiger partial charge is 0.489 e. The van der Waals surface area contributed by atoms with E-state index in [1.165, 1.54) is 25.0 Å². The summed E-state index contributed by atoms with van der Waals surface area (Å²) < 4.78 is 27.6. The summed E-state index contributed by atoms with van der Waals surface area (Å²) in [7, 11) is 0. The molecule has 0 saturated heterocycles. The lowest BCUT2D eigenvalue weighted by atomic mass is 9.99. The van der Waals surface area contributed by atoms with E-state index < -0.39 is 5.82 Å². The maximum absolute atomic E-state index is 14.2. The third kappa shape index (κ3) is 5.01. The van der Waals surface area contributed by atoms with E-state index >= 15 is 0 Å². The fourth-order valence-electron chi connectivity index (χ4n) is 4.57. The number of aromatic nitrogens is 3. The minimum atomic E-state index is -0.472. The van der Waals surface area contributed by atoms with Crippen molar-refractivity contribution in [2.75, 3.05) is 5.73 Å². The quantitative estimate of drug-likeness (QED) is 0.336. The van der Waals surface area contributed by atoms with Crippen molar-refractivity contribution in [3.8, 4) is 29.0 Å². The molecule has 2 heterocycles. The first-order valence-corrected chi connectivity index (χ1v) is 11.9. The Bertz CT molecular complexity index is 1400. The molecule has 0 atom stereocenters. The molecular weight excluding hydrogens is 457 g/mol. The first kappa shape index (κ1) is 23.4. The second kappa shape index (κ2) is 10.1. The predicted molar refractivity (Wildman–Crippen MR) is 134 cm³/mol. The lowest BCUT2D eigenvalue weighted by molar-refractivity contribution is 0.301. The minimum Gasteiger partial charge on any atom is -0.489 e. The number of ether oxygens (including phenoxy) is 2. The van der Waals surface area contributed by atoms with Gasteiger partial charge in [0.05, 0.1) is 5.69 Å². The summed E-state index contributed by atoms with van der Waals surface area (Å²) in [5, 5.41) is 9.72. The highest BCUT2D eigenvalue weighted by atomic mass is 19.1. The van der Waals surface area contributed by atoms with E-state index in [-0.39, 0.29) is 6.61 Å². The number of anilines is 1. The van der Waals surface area contributed by atoms with E-state index in [1.54, 1.807) is 37.5 Å². The fourth-order valence-corrected chi connectivity index (χ4v) is 4.57. The van der Waals surface area contributed by atoms with Crippen molar-refractivity contribution < 1.29 is 13.9 Å². The van der Waals surface area contributed by atoms with Gasteiger partial charge in [0.25, 0.3) is 0 Å². The molecule has 0 spiro atoms. The van der Waals surface area contributed by atoms with Crippen LogP contribution in [0.5, 0.6) is 17.2 Å². The second-order valence-corrected chi connectivity index (χ2v) is 8.96. The molecule has 5 rings (SSSR count). The first-order valence-electron chi connectivity index (χ1n) is 11.9. The van der Waals surface area contributed by atoms with Gasteiger partial charge in [-0.1, -0.05) is 12.8 Å². The summed E-state index contributed by atoms with van der Waals surface area (Å²) in [5.41, 5.74) is 9.98. The van der Waals surface area contributed by atoms with Crippen LogP contribution in [0.15, 0.2) is 61.1 Å². The molecule has 0 radical (unpaired) electrons. The van der Waals surface area contributed by atoms with E-state index in [4.69, 9.17) is 15.2 Å². The molecule has 1 aliphatic rings. The van der Waals surface area contributed by atoms with Crippen molar-refractivity contribution in [2.24, 2.45) is 0 Å². The third-order valence-corrected chi connectivity index (χ3v) is 6.41. The summed E-state index contributed by atoms with van der Waals surface area (Å²) >= 11 is 0. The van der Waals surface area contributed by atoms with Gasteiger partial charge in [-0.05, 0) is 55.5 Å². The average molecular weight is 484 g/mol. The molecule has 182 valence electrons. The summed E-state index contributed by atoms with van der Waals surface area (Å²) in [5.74, 6) is 1.78. The number of hydrogen-bond donors (Lipinski definition) is 1. The molecule has 2 aromatic heterocycles. The number of nitrogens with zero attached hydrogens (tertiary/aromatic N) is 4. The van der Waals surface area contributed by atoms with Crippen molar-refractivity contribution in [3.05, 3.63) is 89.5 Å². The normalized spacial score (nSPS) is 13.5.